The van der Waals surface area contributed by atoms with Gasteiger partial charge in [-0.1, -0.05) is 25.0 Å². The first kappa shape index (κ1) is 17.1. The first-order valence-electron chi connectivity index (χ1n) is 8.97. The molecule has 1 aliphatic carbocycles. The molecule has 0 unspecified atom stereocenters. The van der Waals surface area contributed by atoms with Gasteiger partial charge in [-0.05, 0) is 32.0 Å². The fourth-order valence-corrected chi connectivity index (χ4v) is 3.50. The maximum atomic E-state index is 12.5. The second-order valence-electron chi connectivity index (χ2n) is 7.05. The Morgan fingerprint density at radius 1 is 1.12 bits per heavy atom. The average Bonchev–Trinajstić information content (AvgIpc) is 3.12. The molecule has 5 nitrogen and oxygen atoms in total. The van der Waals surface area contributed by atoms with E-state index in [4.69, 9.17) is 0 Å². The van der Waals surface area contributed by atoms with Gasteiger partial charge in [0, 0.05) is 43.3 Å². The Kier molecular flexibility index (Phi) is 5.63. The molecule has 3 rings (SSSR count). The maximum absolute atomic E-state index is 12.5. The Bertz CT molecular complexity index is 588. The van der Waals surface area contributed by atoms with Crippen molar-refractivity contribution in [1.29, 1.82) is 0 Å². The molecular weight excluding hydrogens is 302 g/mol. The molecule has 1 saturated heterocycles. The third kappa shape index (κ3) is 4.42. The van der Waals surface area contributed by atoms with Gasteiger partial charge in [0.1, 0.15) is 0 Å². The van der Waals surface area contributed by atoms with E-state index in [0.29, 0.717) is 12.1 Å². The van der Waals surface area contributed by atoms with Crippen LogP contribution in [-0.2, 0) is 4.79 Å². The Morgan fingerprint density at radius 2 is 1.83 bits per heavy atom. The van der Waals surface area contributed by atoms with E-state index in [1.54, 1.807) is 0 Å². The quantitative estimate of drug-likeness (QED) is 0.842. The highest BCUT2D eigenvalue weighted by atomic mass is 16.2. The second kappa shape index (κ2) is 7.90. The van der Waals surface area contributed by atoms with Crippen molar-refractivity contribution in [2.24, 2.45) is 5.92 Å². The van der Waals surface area contributed by atoms with Crippen LogP contribution >= 0.6 is 0 Å². The van der Waals surface area contributed by atoms with Gasteiger partial charge >= 0.3 is 0 Å². The van der Waals surface area contributed by atoms with E-state index < -0.39 is 0 Å². The first-order chi connectivity index (χ1) is 11.6. The summed E-state index contributed by atoms with van der Waals surface area (Å²) in [5, 5.41) is 2.98. The number of ketones is 1. The minimum Gasteiger partial charge on any atom is -0.326 e. The van der Waals surface area contributed by atoms with Crippen molar-refractivity contribution < 1.29 is 9.59 Å². The lowest BCUT2D eigenvalue weighted by molar-refractivity contribution is -0.119. The van der Waals surface area contributed by atoms with Crippen LogP contribution in [0.3, 0.4) is 0 Å². The van der Waals surface area contributed by atoms with Gasteiger partial charge in [0.2, 0.25) is 5.91 Å². The lowest BCUT2D eigenvalue weighted by Crippen LogP contribution is -2.46. The van der Waals surface area contributed by atoms with E-state index in [2.05, 4.69) is 22.2 Å². The van der Waals surface area contributed by atoms with Crippen molar-refractivity contribution in [2.45, 2.75) is 25.7 Å². The zero-order valence-electron chi connectivity index (χ0n) is 14.5. The summed E-state index contributed by atoms with van der Waals surface area (Å²) in [6.07, 6.45) is 4.24. The molecule has 5 heteroatoms. The number of Topliss-reactive ketones (excluding diaryl/α,β-unsaturated/α-hetero) is 1. The first-order valence-corrected chi connectivity index (χ1v) is 8.97. The number of amides is 1. The zero-order valence-corrected chi connectivity index (χ0v) is 14.5. The van der Waals surface area contributed by atoms with E-state index in [0.717, 1.165) is 57.5 Å². The number of hydrogen-bond donors (Lipinski definition) is 1. The Hall–Kier alpha value is -1.72. The van der Waals surface area contributed by atoms with Crippen LogP contribution in [-0.4, -0.2) is 61.3 Å². The molecule has 1 aliphatic heterocycles. The van der Waals surface area contributed by atoms with Gasteiger partial charge in [0.05, 0.1) is 6.54 Å². The van der Waals surface area contributed by atoms with Crippen LogP contribution in [0.15, 0.2) is 24.3 Å². The van der Waals surface area contributed by atoms with Gasteiger partial charge in [-0.2, -0.15) is 0 Å². The number of piperazine rings is 1. The van der Waals surface area contributed by atoms with Gasteiger partial charge in [-0.25, -0.2) is 0 Å². The van der Waals surface area contributed by atoms with Gasteiger partial charge in [0.25, 0.3) is 0 Å². The average molecular weight is 329 g/mol. The van der Waals surface area contributed by atoms with E-state index in [9.17, 15) is 9.59 Å². The number of nitrogens with zero attached hydrogens (tertiary/aromatic N) is 2. The fraction of sp³-hybridized carbons (Fsp3) is 0.579. The third-order valence-corrected chi connectivity index (χ3v) is 5.14. The SMILES string of the molecule is CN1CCN(CC(=O)c2cccc(NC(=O)C3CCCC3)c2)CC1. The number of nitrogens with one attached hydrogen (secondary N) is 1. The molecule has 24 heavy (non-hydrogen) atoms. The van der Waals surface area contributed by atoms with E-state index in [1.807, 2.05) is 24.3 Å². The maximum Gasteiger partial charge on any atom is 0.227 e. The summed E-state index contributed by atoms with van der Waals surface area (Å²) in [7, 11) is 2.11. The molecule has 1 saturated carbocycles. The van der Waals surface area contributed by atoms with Gasteiger partial charge in [-0.3, -0.25) is 14.5 Å². The van der Waals surface area contributed by atoms with Crippen LogP contribution in [0.2, 0.25) is 0 Å². The molecule has 1 amide bonds. The lowest BCUT2D eigenvalue weighted by Gasteiger charge is -2.31. The topological polar surface area (TPSA) is 52.6 Å². The lowest BCUT2D eigenvalue weighted by atomic mass is 10.1. The zero-order chi connectivity index (χ0) is 16.9. The number of benzene rings is 1. The van der Waals surface area contributed by atoms with Crippen molar-refractivity contribution in [1.82, 2.24) is 9.80 Å². The largest absolute Gasteiger partial charge is 0.326 e. The van der Waals surface area contributed by atoms with Crippen LogP contribution in [0.4, 0.5) is 5.69 Å². The molecular formula is C19H27N3O2. The molecule has 1 heterocycles. The number of rotatable bonds is 5. The van der Waals surface area contributed by atoms with Crippen molar-refractivity contribution >= 4 is 17.4 Å². The molecule has 1 aromatic rings. The van der Waals surface area contributed by atoms with E-state index in [-0.39, 0.29) is 17.6 Å². The van der Waals surface area contributed by atoms with Gasteiger partial charge in [0.15, 0.2) is 5.78 Å². The number of hydrogen-bond acceptors (Lipinski definition) is 4. The van der Waals surface area contributed by atoms with Crippen LogP contribution in [0.5, 0.6) is 0 Å². The number of likely N-dealkylation sites (N-methyl/N-ethyl adjacent to an activating group) is 1. The highest BCUT2D eigenvalue weighted by Gasteiger charge is 2.23. The van der Waals surface area contributed by atoms with Crippen LogP contribution in [0.25, 0.3) is 0 Å². The molecule has 0 spiro atoms. The van der Waals surface area contributed by atoms with E-state index in [1.165, 1.54) is 0 Å². The monoisotopic (exact) mass is 329 g/mol. The second-order valence-corrected chi connectivity index (χ2v) is 7.05. The molecule has 0 atom stereocenters. The standard InChI is InChI=1S/C19H27N3O2/c1-21-9-11-22(12-10-21)14-18(23)16-7-4-8-17(13-16)20-19(24)15-5-2-3-6-15/h4,7-8,13,15H,2-3,5-6,9-12,14H2,1H3,(H,20,24). The molecule has 130 valence electrons. The highest BCUT2D eigenvalue weighted by molar-refractivity contribution is 6.00. The van der Waals surface area contributed by atoms with Crippen molar-refractivity contribution in [3.05, 3.63) is 29.8 Å². The van der Waals surface area contributed by atoms with Crippen LogP contribution in [0, 0.1) is 5.92 Å². The van der Waals surface area contributed by atoms with Gasteiger partial charge in [-0.15, -0.1) is 0 Å². The summed E-state index contributed by atoms with van der Waals surface area (Å²) in [6, 6.07) is 7.36. The van der Waals surface area contributed by atoms with Crippen LogP contribution in [0.1, 0.15) is 36.0 Å². The molecule has 0 bridgehead atoms. The van der Waals surface area contributed by atoms with Crippen molar-refractivity contribution in [3.8, 4) is 0 Å². The minimum absolute atomic E-state index is 0.0937. The van der Waals surface area contributed by atoms with E-state index >= 15 is 0 Å². The summed E-state index contributed by atoms with van der Waals surface area (Å²) in [5.74, 6) is 0.349. The summed E-state index contributed by atoms with van der Waals surface area (Å²) in [5.41, 5.74) is 1.41. The predicted octanol–water partition coefficient (Wildman–Crippen LogP) is 2.25. The molecule has 2 fully saturated rings. The summed E-state index contributed by atoms with van der Waals surface area (Å²) < 4.78 is 0. The highest BCUT2D eigenvalue weighted by Crippen LogP contribution is 2.26. The molecule has 1 N–H and O–H groups in total. The summed E-state index contributed by atoms with van der Waals surface area (Å²) in [6.45, 7) is 4.32. The summed E-state index contributed by atoms with van der Waals surface area (Å²) in [4.78, 5) is 29.2. The Balaban J connectivity index is 1.57. The smallest absolute Gasteiger partial charge is 0.227 e. The molecule has 1 aromatic carbocycles. The minimum atomic E-state index is 0.0937. The van der Waals surface area contributed by atoms with Crippen molar-refractivity contribution in [2.75, 3.05) is 45.1 Å². The number of carbonyl (C=O) groups is 2. The third-order valence-electron chi connectivity index (χ3n) is 5.14. The van der Waals surface area contributed by atoms with Crippen molar-refractivity contribution in [3.63, 3.8) is 0 Å². The Labute approximate surface area is 144 Å². The normalized spacial score (nSPS) is 20.2. The van der Waals surface area contributed by atoms with Gasteiger partial charge < -0.3 is 10.2 Å². The number of carbonyl (C=O) groups excluding carboxylic acids is 2. The Morgan fingerprint density at radius 3 is 2.54 bits per heavy atom. The molecule has 0 radical (unpaired) electrons. The molecule has 0 aromatic heterocycles. The predicted molar refractivity (Wildman–Crippen MR) is 95.3 cm³/mol. The molecule has 2 aliphatic rings. The number of anilines is 1. The van der Waals surface area contributed by atoms with Crippen LogP contribution < -0.4 is 5.32 Å². The summed E-state index contributed by atoms with van der Waals surface area (Å²) >= 11 is 0. The fourth-order valence-electron chi connectivity index (χ4n) is 3.50.